The van der Waals surface area contributed by atoms with E-state index < -0.39 is 0 Å². The molecule has 0 saturated carbocycles. The lowest BCUT2D eigenvalue weighted by Crippen LogP contribution is -2.21. The molecule has 1 aromatic carbocycles. The fraction of sp³-hybridized carbons (Fsp3) is 0.500. The van der Waals surface area contributed by atoms with E-state index in [1.54, 1.807) is 50.1 Å². The minimum Gasteiger partial charge on any atom is -0.345 e. The Morgan fingerprint density at radius 2 is 1.71 bits per heavy atom. The number of benzene rings is 1. The van der Waals surface area contributed by atoms with Crippen molar-refractivity contribution < 1.29 is 9.59 Å². The van der Waals surface area contributed by atoms with Crippen molar-refractivity contribution in [2.24, 2.45) is 5.92 Å². The van der Waals surface area contributed by atoms with E-state index >= 15 is 0 Å². The Morgan fingerprint density at radius 1 is 1.14 bits per heavy atom. The molecule has 5 heteroatoms. The number of carbonyl (C=O) groups excluding carboxylic acids is 2. The Morgan fingerprint density at radius 3 is 2.19 bits per heavy atom. The molecule has 0 radical (unpaired) electrons. The summed E-state index contributed by atoms with van der Waals surface area (Å²) in [5, 5.41) is 3.30. The van der Waals surface area contributed by atoms with Crippen LogP contribution >= 0.6 is 11.8 Å². The van der Waals surface area contributed by atoms with Crippen LogP contribution in [0.4, 0.5) is 5.69 Å². The summed E-state index contributed by atoms with van der Waals surface area (Å²) >= 11 is 1.65. The molecule has 1 N–H and O–H groups in total. The van der Waals surface area contributed by atoms with E-state index in [1.165, 1.54) is 4.90 Å². The maximum atomic E-state index is 11.9. The van der Waals surface area contributed by atoms with Crippen LogP contribution in [0.25, 0.3) is 0 Å². The number of carbonyl (C=O) groups is 2. The molecule has 0 aliphatic heterocycles. The zero-order valence-electron chi connectivity index (χ0n) is 13.3. The second-order valence-electron chi connectivity index (χ2n) is 5.59. The Labute approximate surface area is 131 Å². The maximum absolute atomic E-state index is 11.9. The van der Waals surface area contributed by atoms with Gasteiger partial charge in [0.15, 0.2) is 0 Å². The van der Waals surface area contributed by atoms with Gasteiger partial charge in [-0.2, -0.15) is 0 Å². The number of amides is 2. The summed E-state index contributed by atoms with van der Waals surface area (Å²) in [5.74, 6) is 0.935. The van der Waals surface area contributed by atoms with Gasteiger partial charge in [-0.15, -0.1) is 11.8 Å². The summed E-state index contributed by atoms with van der Waals surface area (Å²) in [6.45, 7) is 6.43. The Kier molecular flexibility index (Phi) is 6.75. The topological polar surface area (TPSA) is 49.4 Å². The van der Waals surface area contributed by atoms with E-state index in [0.29, 0.717) is 28.2 Å². The molecule has 1 aromatic rings. The van der Waals surface area contributed by atoms with Crippen molar-refractivity contribution in [1.29, 1.82) is 0 Å². The first-order valence-corrected chi connectivity index (χ1v) is 8.09. The molecule has 0 saturated heterocycles. The molecule has 1 rings (SSSR count). The number of nitrogens with one attached hydrogen (secondary N) is 1. The van der Waals surface area contributed by atoms with E-state index in [0.717, 1.165) is 0 Å². The molecule has 1 unspecified atom stereocenters. The SMILES string of the molecule is CC(C)C(C)SCC(=O)Nc1ccc(C(=O)N(C)C)cc1. The zero-order chi connectivity index (χ0) is 16.0. The zero-order valence-corrected chi connectivity index (χ0v) is 14.2. The third-order valence-corrected chi connectivity index (χ3v) is 4.74. The number of thioether (sulfide) groups is 1. The number of anilines is 1. The van der Waals surface area contributed by atoms with Gasteiger partial charge in [-0.05, 0) is 30.2 Å². The molecular weight excluding hydrogens is 284 g/mol. The van der Waals surface area contributed by atoms with Gasteiger partial charge in [0.05, 0.1) is 5.75 Å². The molecule has 116 valence electrons. The lowest BCUT2D eigenvalue weighted by Gasteiger charge is -2.14. The predicted octanol–water partition coefficient (Wildman–Crippen LogP) is 3.10. The summed E-state index contributed by atoms with van der Waals surface area (Å²) in [5.41, 5.74) is 1.33. The second-order valence-corrected chi connectivity index (χ2v) is 6.95. The molecule has 0 bridgehead atoms. The van der Waals surface area contributed by atoms with Crippen molar-refractivity contribution in [2.45, 2.75) is 26.0 Å². The molecule has 2 amide bonds. The van der Waals surface area contributed by atoms with E-state index in [4.69, 9.17) is 0 Å². The first-order chi connectivity index (χ1) is 9.81. The Balaban J connectivity index is 2.52. The number of rotatable bonds is 6. The highest BCUT2D eigenvalue weighted by Gasteiger charge is 2.11. The van der Waals surface area contributed by atoms with Crippen molar-refractivity contribution in [3.05, 3.63) is 29.8 Å². The van der Waals surface area contributed by atoms with Crippen LogP contribution < -0.4 is 5.32 Å². The summed E-state index contributed by atoms with van der Waals surface area (Å²) in [4.78, 5) is 25.1. The van der Waals surface area contributed by atoms with E-state index in [2.05, 4.69) is 26.1 Å². The lowest BCUT2D eigenvalue weighted by atomic mass is 10.2. The standard InChI is InChI=1S/C16H24N2O2S/c1-11(2)12(3)21-10-15(19)17-14-8-6-13(7-9-14)16(20)18(4)5/h6-9,11-12H,10H2,1-5H3,(H,17,19). The Bertz CT molecular complexity index is 484. The molecule has 1 atom stereocenters. The molecular formula is C16H24N2O2S. The minimum absolute atomic E-state index is 0.0146. The van der Waals surface area contributed by atoms with Crippen LogP contribution in [0.15, 0.2) is 24.3 Å². The van der Waals surface area contributed by atoms with Gasteiger partial charge in [0.2, 0.25) is 5.91 Å². The average molecular weight is 308 g/mol. The fourth-order valence-corrected chi connectivity index (χ4v) is 2.42. The average Bonchev–Trinajstić information content (AvgIpc) is 2.44. The predicted molar refractivity (Wildman–Crippen MR) is 89.8 cm³/mol. The van der Waals surface area contributed by atoms with Crippen molar-refractivity contribution in [2.75, 3.05) is 25.2 Å². The van der Waals surface area contributed by atoms with Crippen LogP contribution in [-0.2, 0) is 4.79 Å². The van der Waals surface area contributed by atoms with Crippen LogP contribution in [0.5, 0.6) is 0 Å². The molecule has 0 aliphatic carbocycles. The highest BCUT2D eigenvalue weighted by atomic mass is 32.2. The summed E-state index contributed by atoms with van der Waals surface area (Å²) < 4.78 is 0. The lowest BCUT2D eigenvalue weighted by molar-refractivity contribution is -0.113. The van der Waals surface area contributed by atoms with Gasteiger partial charge in [0.1, 0.15) is 0 Å². The molecule has 0 spiro atoms. The summed E-state index contributed by atoms with van der Waals surface area (Å²) in [6.07, 6.45) is 0. The highest BCUT2D eigenvalue weighted by Crippen LogP contribution is 2.19. The number of nitrogens with zero attached hydrogens (tertiary/aromatic N) is 1. The second kappa shape index (κ2) is 8.08. The van der Waals surface area contributed by atoms with Crippen LogP contribution in [0, 0.1) is 5.92 Å². The van der Waals surface area contributed by atoms with Crippen molar-refractivity contribution in [3.63, 3.8) is 0 Å². The molecule has 0 aromatic heterocycles. The van der Waals surface area contributed by atoms with Gasteiger partial charge in [-0.3, -0.25) is 9.59 Å². The minimum atomic E-state index is -0.0470. The van der Waals surface area contributed by atoms with Crippen molar-refractivity contribution in [1.82, 2.24) is 4.90 Å². The third kappa shape index (κ3) is 5.79. The van der Waals surface area contributed by atoms with Crippen LogP contribution in [0.3, 0.4) is 0 Å². The molecule has 4 nitrogen and oxygen atoms in total. The fourth-order valence-electron chi connectivity index (χ4n) is 1.55. The van der Waals surface area contributed by atoms with Gasteiger partial charge in [-0.25, -0.2) is 0 Å². The maximum Gasteiger partial charge on any atom is 0.253 e. The monoisotopic (exact) mass is 308 g/mol. The summed E-state index contributed by atoms with van der Waals surface area (Å²) in [7, 11) is 3.43. The van der Waals surface area contributed by atoms with Crippen LogP contribution in [-0.4, -0.2) is 41.8 Å². The van der Waals surface area contributed by atoms with Gasteiger partial charge in [0.25, 0.3) is 5.91 Å². The van der Waals surface area contributed by atoms with E-state index in [1.807, 2.05) is 0 Å². The van der Waals surface area contributed by atoms with E-state index in [-0.39, 0.29) is 11.8 Å². The molecule has 0 aliphatic rings. The molecule has 21 heavy (non-hydrogen) atoms. The molecule has 0 fully saturated rings. The molecule has 0 heterocycles. The first-order valence-electron chi connectivity index (χ1n) is 7.04. The largest absolute Gasteiger partial charge is 0.345 e. The smallest absolute Gasteiger partial charge is 0.253 e. The quantitative estimate of drug-likeness (QED) is 0.878. The van der Waals surface area contributed by atoms with Gasteiger partial charge >= 0.3 is 0 Å². The number of hydrogen-bond acceptors (Lipinski definition) is 3. The van der Waals surface area contributed by atoms with Gasteiger partial charge < -0.3 is 10.2 Å². The normalized spacial score (nSPS) is 12.1. The first kappa shape index (κ1) is 17.6. The van der Waals surface area contributed by atoms with Crippen LogP contribution in [0.2, 0.25) is 0 Å². The summed E-state index contributed by atoms with van der Waals surface area (Å²) in [6, 6.07) is 6.96. The number of hydrogen-bond donors (Lipinski definition) is 1. The van der Waals surface area contributed by atoms with Gasteiger partial charge in [-0.1, -0.05) is 20.8 Å². The van der Waals surface area contributed by atoms with Crippen molar-refractivity contribution >= 4 is 29.3 Å². The van der Waals surface area contributed by atoms with Crippen LogP contribution in [0.1, 0.15) is 31.1 Å². The van der Waals surface area contributed by atoms with Gasteiger partial charge in [0, 0.05) is 30.6 Å². The third-order valence-electron chi connectivity index (χ3n) is 3.24. The van der Waals surface area contributed by atoms with E-state index in [9.17, 15) is 9.59 Å². The highest BCUT2D eigenvalue weighted by molar-refractivity contribution is 8.00. The Hall–Kier alpha value is -1.49. The van der Waals surface area contributed by atoms with Crippen molar-refractivity contribution in [3.8, 4) is 0 Å².